The molecule has 0 saturated carbocycles. The highest BCUT2D eigenvalue weighted by molar-refractivity contribution is 6.21. The van der Waals surface area contributed by atoms with E-state index in [1.807, 2.05) is 6.07 Å². The Balaban J connectivity index is 1.27. The van der Waals surface area contributed by atoms with Gasteiger partial charge in [0.1, 0.15) is 0 Å². The first-order chi connectivity index (χ1) is 15.9. The van der Waals surface area contributed by atoms with E-state index in [-0.39, 0.29) is 24.9 Å². The van der Waals surface area contributed by atoms with Gasteiger partial charge in [-0.25, -0.2) is 4.79 Å². The molecule has 0 fully saturated rings. The number of rotatable bonds is 7. The number of aromatic nitrogens is 2. The minimum Gasteiger partial charge on any atom is -0.436 e. The van der Waals surface area contributed by atoms with Crippen molar-refractivity contribution < 1.29 is 23.9 Å². The maximum Gasteiger partial charge on any atom is 0.412 e. The molecular formula is C23H21N5O5. The standard InChI is InChI=1S/C23H21N5O5/c1-15(33-23(32)26-16-7-3-2-4-8-16)20(29)25-17-13-24-27(14-17)11-12-28-21(30)18-9-5-6-10-19(18)22(28)31/h2-10,13-15H,11-12H2,1H3,(H,25,29)(H,26,32). The van der Waals surface area contributed by atoms with E-state index in [1.165, 1.54) is 22.7 Å². The van der Waals surface area contributed by atoms with Crippen molar-refractivity contribution in [3.63, 3.8) is 0 Å². The Kier molecular flexibility index (Phi) is 6.16. The van der Waals surface area contributed by atoms with Crippen molar-refractivity contribution >= 4 is 35.2 Å². The Morgan fingerprint density at radius 1 is 0.909 bits per heavy atom. The highest BCUT2D eigenvalue weighted by atomic mass is 16.6. The molecule has 10 nitrogen and oxygen atoms in total. The van der Waals surface area contributed by atoms with Gasteiger partial charge in [-0.1, -0.05) is 30.3 Å². The van der Waals surface area contributed by atoms with Gasteiger partial charge >= 0.3 is 6.09 Å². The van der Waals surface area contributed by atoms with Crippen molar-refractivity contribution in [2.24, 2.45) is 0 Å². The molecule has 1 aliphatic heterocycles. The predicted molar refractivity (Wildman–Crippen MR) is 119 cm³/mol. The number of anilines is 2. The second-order valence-electron chi connectivity index (χ2n) is 7.33. The van der Waals surface area contributed by atoms with Gasteiger partial charge in [-0.05, 0) is 31.2 Å². The Bertz CT molecular complexity index is 1170. The Labute approximate surface area is 189 Å². The molecule has 1 aliphatic rings. The van der Waals surface area contributed by atoms with Gasteiger partial charge in [-0.15, -0.1) is 0 Å². The molecule has 1 aromatic heterocycles. The van der Waals surface area contributed by atoms with Crippen LogP contribution in [0.1, 0.15) is 27.6 Å². The summed E-state index contributed by atoms with van der Waals surface area (Å²) in [5.74, 6) is -1.20. The van der Waals surface area contributed by atoms with Gasteiger partial charge in [0.05, 0.1) is 29.6 Å². The summed E-state index contributed by atoms with van der Waals surface area (Å²) in [7, 11) is 0. The predicted octanol–water partition coefficient (Wildman–Crippen LogP) is 2.76. The van der Waals surface area contributed by atoms with Crippen LogP contribution in [0.3, 0.4) is 0 Å². The van der Waals surface area contributed by atoms with Gasteiger partial charge in [0.25, 0.3) is 17.7 Å². The van der Waals surface area contributed by atoms with Crippen molar-refractivity contribution in [3.05, 3.63) is 78.1 Å². The first-order valence-electron chi connectivity index (χ1n) is 10.2. The Morgan fingerprint density at radius 3 is 2.21 bits per heavy atom. The molecule has 2 N–H and O–H groups in total. The van der Waals surface area contributed by atoms with Crippen LogP contribution in [0.2, 0.25) is 0 Å². The van der Waals surface area contributed by atoms with Crippen molar-refractivity contribution in [2.75, 3.05) is 17.2 Å². The Hall–Kier alpha value is -4.47. The van der Waals surface area contributed by atoms with Gasteiger partial charge in [0, 0.05) is 18.4 Å². The van der Waals surface area contributed by atoms with E-state index in [9.17, 15) is 19.2 Å². The number of nitrogens with zero attached hydrogens (tertiary/aromatic N) is 3. The van der Waals surface area contributed by atoms with Gasteiger partial charge in [0.15, 0.2) is 6.10 Å². The van der Waals surface area contributed by atoms with Crippen LogP contribution >= 0.6 is 0 Å². The van der Waals surface area contributed by atoms with E-state index in [4.69, 9.17) is 4.74 Å². The topological polar surface area (TPSA) is 123 Å². The van der Waals surface area contributed by atoms with Crippen LogP contribution in [0.15, 0.2) is 67.0 Å². The molecule has 33 heavy (non-hydrogen) atoms. The average Bonchev–Trinajstić information content (AvgIpc) is 3.35. The molecule has 3 aromatic rings. The monoisotopic (exact) mass is 447 g/mol. The SMILES string of the molecule is CC(OC(=O)Nc1ccccc1)C(=O)Nc1cnn(CCN2C(=O)c3ccccc3C2=O)c1. The summed E-state index contributed by atoms with van der Waals surface area (Å²) in [6.07, 6.45) is 1.19. The number of imide groups is 1. The number of carbonyl (C=O) groups excluding carboxylic acids is 4. The molecule has 168 valence electrons. The normalized spacial score (nSPS) is 13.4. The minimum atomic E-state index is -1.05. The van der Waals surface area contributed by atoms with Crippen LogP contribution in [0.4, 0.5) is 16.2 Å². The molecule has 0 bridgehead atoms. The van der Waals surface area contributed by atoms with E-state index >= 15 is 0 Å². The van der Waals surface area contributed by atoms with Gasteiger partial charge in [0.2, 0.25) is 0 Å². The second kappa shape index (κ2) is 9.35. The Morgan fingerprint density at radius 2 is 1.55 bits per heavy atom. The number of hydrogen-bond donors (Lipinski definition) is 2. The summed E-state index contributed by atoms with van der Waals surface area (Å²) in [6.45, 7) is 1.85. The zero-order valence-corrected chi connectivity index (χ0v) is 17.7. The lowest BCUT2D eigenvalue weighted by Crippen LogP contribution is -2.33. The molecule has 0 saturated heterocycles. The van der Waals surface area contributed by atoms with Crippen LogP contribution in [0.5, 0.6) is 0 Å². The van der Waals surface area contributed by atoms with Gasteiger partial charge < -0.3 is 10.1 Å². The summed E-state index contributed by atoms with van der Waals surface area (Å²) in [4.78, 5) is 50.3. The lowest BCUT2D eigenvalue weighted by Gasteiger charge is -2.14. The molecule has 2 heterocycles. The molecule has 0 aliphatic carbocycles. The lowest BCUT2D eigenvalue weighted by molar-refractivity contribution is -0.123. The fourth-order valence-electron chi connectivity index (χ4n) is 3.32. The fraction of sp³-hybridized carbons (Fsp3) is 0.174. The van der Waals surface area contributed by atoms with Crippen LogP contribution in [-0.2, 0) is 16.1 Å². The molecule has 1 unspecified atom stereocenters. The van der Waals surface area contributed by atoms with Crippen LogP contribution < -0.4 is 10.6 Å². The molecule has 0 spiro atoms. The van der Waals surface area contributed by atoms with Crippen molar-refractivity contribution in [1.29, 1.82) is 0 Å². The number of benzene rings is 2. The third-order valence-corrected chi connectivity index (χ3v) is 5.00. The fourth-order valence-corrected chi connectivity index (χ4v) is 3.32. The summed E-state index contributed by atoms with van der Waals surface area (Å²) in [5.41, 5.74) is 1.72. The van der Waals surface area contributed by atoms with E-state index in [2.05, 4.69) is 15.7 Å². The van der Waals surface area contributed by atoms with Crippen molar-refractivity contribution in [2.45, 2.75) is 19.6 Å². The molecule has 0 radical (unpaired) electrons. The summed E-state index contributed by atoms with van der Waals surface area (Å²) in [6, 6.07) is 15.4. The summed E-state index contributed by atoms with van der Waals surface area (Å²) >= 11 is 0. The summed E-state index contributed by atoms with van der Waals surface area (Å²) in [5, 5.41) is 9.29. The van der Waals surface area contributed by atoms with E-state index < -0.39 is 18.1 Å². The number of hydrogen-bond acceptors (Lipinski definition) is 6. The van der Waals surface area contributed by atoms with Crippen molar-refractivity contribution in [3.8, 4) is 0 Å². The maximum atomic E-state index is 12.4. The number of nitrogens with one attached hydrogen (secondary N) is 2. The number of fused-ring (bicyclic) bond motifs is 1. The van der Waals surface area contributed by atoms with Crippen molar-refractivity contribution in [1.82, 2.24) is 14.7 Å². The van der Waals surface area contributed by atoms with Crippen LogP contribution in [-0.4, -0.2) is 51.1 Å². The van der Waals surface area contributed by atoms with E-state index in [0.29, 0.717) is 22.5 Å². The highest BCUT2D eigenvalue weighted by Crippen LogP contribution is 2.22. The largest absolute Gasteiger partial charge is 0.436 e. The number of carbonyl (C=O) groups is 4. The second-order valence-corrected chi connectivity index (χ2v) is 7.33. The lowest BCUT2D eigenvalue weighted by atomic mass is 10.1. The molecule has 1 atom stereocenters. The zero-order chi connectivity index (χ0) is 23.4. The number of ether oxygens (including phenoxy) is 1. The molecule has 10 heteroatoms. The summed E-state index contributed by atoms with van der Waals surface area (Å²) < 4.78 is 6.60. The quantitative estimate of drug-likeness (QED) is 0.537. The molecule has 4 rings (SSSR count). The van der Waals surface area contributed by atoms with E-state index in [0.717, 1.165) is 0 Å². The van der Waals surface area contributed by atoms with Gasteiger partial charge in [-0.3, -0.25) is 29.3 Å². The molecule has 4 amide bonds. The van der Waals surface area contributed by atoms with Gasteiger partial charge in [-0.2, -0.15) is 5.10 Å². The van der Waals surface area contributed by atoms with E-state index in [1.54, 1.807) is 54.7 Å². The number of para-hydroxylation sites is 1. The smallest absolute Gasteiger partial charge is 0.412 e. The maximum absolute atomic E-state index is 12.4. The zero-order valence-electron chi connectivity index (χ0n) is 17.7. The molecule has 2 aromatic carbocycles. The van der Waals surface area contributed by atoms with Crippen LogP contribution in [0, 0.1) is 0 Å². The third-order valence-electron chi connectivity index (χ3n) is 5.00. The highest BCUT2D eigenvalue weighted by Gasteiger charge is 2.34. The first kappa shape index (κ1) is 21.8. The third kappa shape index (κ3) is 4.90. The molecular weight excluding hydrogens is 426 g/mol. The van der Waals surface area contributed by atoms with Crippen LogP contribution in [0.25, 0.3) is 0 Å². The average molecular weight is 447 g/mol. The minimum absolute atomic E-state index is 0.139. The first-order valence-corrected chi connectivity index (χ1v) is 10.2. The number of amides is 4.